The Kier molecular flexibility index (Phi) is 3.35. The molecule has 92 valence electrons. The van der Waals surface area contributed by atoms with Gasteiger partial charge in [0.05, 0.1) is 0 Å². The Hall–Kier alpha value is -1.53. The summed E-state index contributed by atoms with van der Waals surface area (Å²) in [6.45, 7) is 0.136. The predicted octanol–water partition coefficient (Wildman–Crippen LogP) is 0.643. The van der Waals surface area contributed by atoms with Crippen LogP contribution in [-0.4, -0.2) is 27.7 Å². The van der Waals surface area contributed by atoms with Gasteiger partial charge in [0.2, 0.25) is 5.95 Å². The molecule has 1 aromatic heterocycles. The van der Waals surface area contributed by atoms with Gasteiger partial charge in [-0.3, -0.25) is 0 Å². The highest BCUT2D eigenvalue weighted by atomic mass is 35.5. The topological polar surface area (TPSA) is 110 Å². The summed E-state index contributed by atoms with van der Waals surface area (Å²) in [5.41, 5.74) is 11.5. The summed E-state index contributed by atoms with van der Waals surface area (Å²) < 4.78 is 0. The van der Waals surface area contributed by atoms with Gasteiger partial charge in [0, 0.05) is 18.6 Å². The fraction of sp³-hybridized carbons (Fsp3) is 0.400. The van der Waals surface area contributed by atoms with Crippen molar-refractivity contribution in [3.8, 4) is 0 Å². The van der Waals surface area contributed by atoms with Crippen LogP contribution in [-0.2, 0) is 0 Å². The summed E-state index contributed by atoms with van der Waals surface area (Å²) in [7, 11) is 0. The number of aliphatic hydroxyl groups is 1. The van der Waals surface area contributed by atoms with Gasteiger partial charge in [-0.25, -0.2) is 0 Å². The highest BCUT2D eigenvalue weighted by Crippen LogP contribution is 2.27. The maximum atomic E-state index is 9.02. The maximum Gasteiger partial charge on any atom is 0.223 e. The van der Waals surface area contributed by atoms with Crippen LogP contribution in [0.25, 0.3) is 0 Å². The second-order valence-corrected chi connectivity index (χ2v) is 4.31. The molecule has 0 bridgehead atoms. The van der Waals surface area contributed by atoms with Crippen molar-refractivity contribution in [3.05, 3.63) is 17.3 Å². The minimum atomic E-state index is 0.0693. The number of nitrogens with two attached hydrogens (primary N) is 2. The van der Waals surface area contributed by atoms with Gasteiger partial charge in [-0.2, -0.15) is 9.97 Å². The molecule has 0 fully saturated rings. The third kappa shape index (κ3) is 2.59. The van der Waals surface area contributed by atoms with Gasteiger partial charge in [0.1, 0.15) is 5.69 Å². The number of halogens is 1. The molecule has 6 N–H and O–H groups in total. The summed E-state index contributed by atoms with van der Waals surface area (Å²) in [6, 6.07) is 0.0693. The minimum Gasteiger partial charge on any atom is -0.396 e. The van der Waals surface area contributed by atoms with Crippen molar-refractivity contribution in [2.75, 3.05) is 23.4 Å². The van der Waals surface area contributed by atoms with E-state index in [-0.39, 0.29) is 35.4 Å². The molecule has 1 heterocycles. The Morgan fingerprint density at radius 1 is 1.41 bits per heavy atom. The Balaban J connectivity index is 2.12. The van der Waals surface area contributed by atoms with Crippen LogP contribution < -0.4 is 16.8 Å². The molecule has 6 nitrogen and oxygen atoms in total. The van der Waals surface area contributed by atoms with Gasteiger partial charge in [-0.1, -0.05) is 23.8 Å². The zero-order chi connectivity index (χ0) is 12.4. The fourth-order valence-electron chi connectivity index (χ4n) is 1.76. The first kappa shape index (κ1) is 11.9. The van der Waals surface area contributed by atoms with Crippen LogP contribution in [0.5, 0.6) is 0 Å². The quantitative estimate of drug-likeness (QED) is 0.466. The van der Waals surface area contributed by atoms with Crippen molar-refractivity contribution < 1.29 is 5.11 Å². The van der Waals surface area contributed by atoms with Crippen LogP contribution in [0.3, 0.4) is 0 Å². The van der Waals surface area contributed by atoms with Crippen LogP contribution in [0.4, 0.5) is 17.5 Å². The molecule has 17 heavy (non-hydrogen) atoms. The molecule has 7 heteroatoms. The third-order valence-electron chi connectivity index (χ3n) is 2.65. The molecule has 0 aliphatic heterocycles. The van der Waals surface area contributed by atoms with Gasteiger partial charge >= 0.3 is 0 Å². The Morgan fingerprint density at radius 2 is 2.18 bits per heavy atom. The van der Waals surface area contributed by atoms with E-state index in [1.54, 1.807) is 0 Å². The van der Waals surface area contributed by atoms with E-state index in [4.69, 9.17) is 28.2 Å². The molecule has 0 amide bonds. The van der Waals surface area contributed by atoms with Gasteiger partial charge in [-0.15, -0.1) is 0 Å². The van der Waals surface area contributed by atoms with E-state index in [1.807, 2.05) is 12.2 Å². The standard InChI is InChI=1S/C10H14ClN5O/c11-8-7(12)9(16-10(13)15-8)14-6-2-1-5(3-6)4-17/h1-2,5-6,17H,3-4,12H2,(H3,13,14,15,16)/t5-,6?/m1/s1. The van der Waals surface area contributed by atoms with E-state index in [1.165, 1.54) is 0 Å². The molecular formula is C10H14ClN5O. The first-order valence-electron chi connectivity index (χ1n) is 5.24. The summed E-state index contributed by atoms with van der Waals surface area (Å²) in [6.07, 6.45) is 4.71. The molecule has 1 unspecified atom stereocenters. The van der Waals surface area contributed by atoms with Gasteiger partial charge in [0.15, 0.2) is 11.0 Å². The fourth-order valence-corrected chi connectivity index (χ4v) is 1.94. The largest absolute Gasteiger partial charge is 0.396 e. The van der Waals surface area contributed by atoms with Crippen molar-refractivity contribution in [2.45, 2.75) is 12.5 Å². The smallest absolute Gasteiger partial charge is 0.223 e. The maximum absolute atomic E-state index is 9.02. The lowest BCUT2D eigenvalue weighted by Crippen LogP contribution is -2.19. The first-order chi connectivity index (χ1) is 8.10. The van der Waals surface area contributed by atoms with Crippen LogP contribution in [0.1, 0.15) is 6.42 Å². The minimum absolute atomic E-state index is 0.0693. The lowest BCUT2D eigenvalue weighted by molar-refractivity contribution is 0.250. The lowest BCUT2D eigenvalue weighted by atomic mass is 10.1. The number of hydrogen-bond donors (Lipinski definition) is 4. The molecule has 1 aromatic rings. The van der Waals surface area contributed by atoms with Crippen molar-refractivity contribution in [1.82, 2.24) is 9.97 Å². The van der Waals surface area contributed by atoms with Crippen molar-refractivity contribution in [1.29, 1.82) is 0 Å². The van der Waals surface area contributed by atoms with E-state index >= 15 is 0 Å². The van der Waals surface area contributed by atoms with Gasteiger partial charge in [0.25, 0.3) is 0 Å². The number of aliphatic hydroxyl groups excluding tert-OH is 1. The zero-order valence-corrected chi connectivity index (χ0v) is 9.85. The number of nitrogens with zero attached hydrogens (tertiary/aromatic N) is 2. The second kappa shape index (κ2) is 4.77. The van der Waals surface area contributed by atoms with Crippen molar-refractivity contribution in [3.63, 3.8) is 0 Å². The van der Waals surface area contributed by atoms with Crippen LogP contribution >= 0.6 is 11.6 Å². The Labute approximate surface area is 104 Å². The zero-order valence-electron chi connectivity index (χ0n) is 9.10. The summed E-state index contributed by atoms with van der Waals surface area (Å²) in [4.78, 5) is 7.75. The normalized spacial score (nSPS) is 22.9. The summed E-state index contributed by atoms with van der Waals surface area (Å²) >= 11 is 5.81. The van der Waals surface area contributed by atoms with Crippen LogP contribution in [0.2, 0.25) is 5.15 Å². The number of hydrogen-bond acceptors (Lipinski definition) is 6. The van der Waals surface area contributed by atoms with E-state index in [2.05, 4.69) is 15.3 Å². The Bertz CT molecular complexity index is 451. The first-order valence-corrected chi connectivity index (χ1v) is 5.62. The highest BCUT2D eigenvalue weighted by molar-refractivity contribution is 6.32. The van der Waals surface area contributed by atoms with Gasteiger partial charge < -0.3 is 21.9 Å². The van der Waals surface area contributed by atoms with E-state index in [0.29, 0.717) is 5.82 Å². The molecule has 1 aliphatic rings. The number of nitrogen functional groups attached to an aromatic ring is 2. The van der Waals surface area contributed by atoms with E-state index in [9.17, 15) is 0 Å². The Morgan fingerprint density at radius 3 is 2.82 bits per heavy atom. The number of aromatic nitrogens is 2. The van der Waals surface area contributed by atoms with E-state index < -0.39 is 0 Å². The molecule has 2 atom stereocenters. The molecule has 2 rings (SSSR count). The lowest BCUT2D eigenvalue weighted by Gasteiger charge is -2.15. The molecule has 0 aromatic carbocycles. The highest BCUT2D eigenvalue weighted by Gasteiger charge is 2.20. The monoisotopic (exact) mass is 255 g/mol. The number of anilines is 3. The van der Waals surface area contributed by atoms with Crippen LogP contribution in [0, 0.1) is 5.92 Å². The summed E-state index contributed by atoms with van der Waals surface area (Å²) in [5.74, 6) is 0.673. The second-order valence-electron chi connectivity index (χ2n) is 3.95. The van der Waals surface area contributed by atoms with Gasteiger partial charge in [-0.05, 0) is 6.42 Å². The third-order valence-corrected chi connectivity index (χ3v) is 2.93. The number of rotatable bonds is 3. The van der Waals surface area contributed by atoms with Crippen molar-refractivity contribution >= 4 is 29.1 Å². The SMILES string of the molecule is Nc1nc(Cl)c(N)c(NC2C=C[C@@H](CO)C2)n1. The molecule has 0 radical (unpaired) electrons. The van der Waals surface area contributed by atoms with Crippen molar-refractivity contribution in [2.24, 2.45) is 5.92 Å². The molecular weight excluding hydrogens is 242 g/mol. The molecule has 0 spiro atoms. The van der Waals surface area contributed by atoms with Crippen LogP contribution in [0.15, 0.2) is 12.2 Å². The average molecular weight is 256 g/mol. The summed E-state index contributed by atoms with van der Waals surface area (Å²) in [5, 5.41) is 12.3. The average Bonchev–Trinajstić information content (AvgIpc) is 2.73. The molecule has 0 saturated heterocycles. The number of nitrogens with one attached hydrogen (secondary N) is 1. The predicted molar refractivity (Wildman–Crippen MR) is 67.6 cm³/mol. The molecule has 1 aliphatic carbocycles. The van der Waals surface area contributed by atoms with E-state index in [0.717, 1.165) is 6.42 Å². The molecule has 0 saturated carbocycles.